The normalized spacial score (nSPS) is 10.9. The van der Waals surface area contributed by atoms with Crippen LogP contribution in [0.15, 0.2) is 46.9 Å². The number of fused-ring (bicyclic) bond motifs is 1. The van der Waals surface area contributed by atoms with Crippen LogP contribution in [0.3, 0.4) is 0 Å². The van der Waals surface area contributed by atoms with Gasteiger partial charge in [0.15, 0.2) is 0 Å². The van der Waals surface area contributed by atoms with Gasteiger partial charge in [-0.25, -0.2) is 4.98 Å². The third-order valence-electron chi connectivity index (χ3n) is 3.21. The van der Waals surface area contributed by atoms with Gasteiger partial charge in [0.25, 0.3) is 0 Å². The number of aromatic carboxylic acids is 1. The van der Waals surface area contributed by atoms with Gasteiger partial charge in [0, 0.05) is 21.0 Å². The quantitative estimate of drug-likeness (QED) is 0.648. The zero-order valence-electron chi connectivity index (χ0n) is 10.9. The van der Waals surface area contributed by atoms with Crippen LogP contribution in [0.2, 0.25) is 10.0 Å². The predicted octanol–water partition coefficient (Wildman–Crippen LogP) is 4.33. The van der Waals surface area contributed by atoms with E-state index in [9.17, 15) is 9.90 Å². The Morgan fingerprint density at radius 3 is 2.50 bits per heavy atom. The summed E-state index contributed by atoms with van der Waals surface area (Å²) < 4.78 is 0.770. The van der Waals surface area contributed by atoms with E-state index in [1.54, 1.807) is 36.4 Å². The molecule has 110 valence electrons. The molecule has 0 bridgehead atoms. The minimum absolute atomic E-state index is 0.0763. The number of carbonyl (C=O) groups is 1. The molecule has 0 aliphatic rings. The molecule has 2 aromatic carbocycles. The van der Waals surface area contributed by atoms with Crippen molar-refractivity contribution in [1.82, 2.24) is 4.98 Å². The lowest BCUT2D eigenvalue weighted by Crippen LogP contribution is -2.22. The topological polar surface area (TPSA) is 53.0 Å². The number of hydrogen-bond acceptors (Lipinski definition) is 3. The molecule has 1 aromatic heterocycles. The lowest BCUT2D eigenvalue weighted by atomic mass is 10.0. The molecule has 3 aromatic rings. The zero-order chi connectivity index (χ0) is 15.9. The van der Waals surface area contributed by atoms with Crippen LogP contribution in [0.5, 0.6) is 0 Å². The minimum atomic E-state index is -1.26. The van der Waals surface area contributed by atoms with Gasteiger partial charge in [0.2, 0.25) is 0 Å². The molecule has 0 aliphatic heterocycles. The Morgan fingerprint density at radius 1 is 1.05 bits per heavy atom. The Hall–Kier alpha value is -1.62. The number of carboxylic acids is 1. The van der Waals surface area contributed by atoms with Crippen molar-refractivity contribution in [1.29, 1.82) is 0 Å². The molecule has 22 heavy (non-hydrogen) atoms. The van der Waals surface area contributed by atoms with Crippen LogP contribution in [-0.4, -0.2) is 11.0 Å². The molecule has 6 heteroatoms. The van der Waals surface area contributed by atoms with E-state index in [1.165, 1.54) is 6.07 Å². The Bertz CT molecular complexity index is 912. The summed E-state index contributed by atoms with van der Waals surface area (Å²) >= 11 is 15.2. The summed E-state index contributed by atoms with van der Waals surface area (Å²) in [7, 11) is 0. The zero-order valence-corrected chi connectivity index (χ0v) is 14.0. The Labute approximate surface area is 144 Å². The molecular weight excluding hydrogens is 389 g/mol. The van der Waals surface area contributed by atoms with Gasteiger partial charge < -0.3 is 9.90 Å². The number of carbonyl (C=O) groups excluding carboxylic acids is 1. The summed E-state index contributed by atoms with van der Waals surface area (Å²) in [6.45, 7) is 0. The maximum absolute atomic E-state index is 11.4. The van der Waals surface area contributed by atoms with Crippen molar-refractivity contribution in [2.75, 3.05) is 0 Å². The van der Waals surface area contributed by atoms with E-state index >= 15 is 0 Å². The van der Waals surface area contributed by atoms with Gasteiger partial charge in [0.05, 0.1) is 27.2 Å². The van der Waals surface area contributed by atoms with Gasteiger partial charge in [0.1, 0.15) is 0 Å². The molecule has 3 nitrogen and oxygen atoms in total. The first-order valence-corrected chi connectivity index (χ1v) is 7.77. The molecular formula is C16H7BrCl2NO2-. The highest BCUT2D eigenvalue weighted by Crippen LogP contribution is 2.30. The van der Waals surface area contributed by atoms with Crippen LogP contribution in [0.25, 0.3) is 22.2 Å². The fourth-order valence-electron chi connectivity index (χ4n) is 2.17. The van der Waals surface area contributed by atoms with Crippen LogP contribution in [0.1, 0.15) is 10.4 Å². The molecule has 0 atom stereocenters. The third kappa shape index (κ3) is 2.82. The fraction of sp³-hybridized carbons (Fsp3) is 0. The third-order valence-corrected chi connectivity index (χ3v) is 4.44. The summed E-state index contributed by atoms with van der Waals surface area (Å²) in [4.78, 5) is 15.9. The number of benzene rings is 2. The molecule has 0 saturated carbocycles. The second-order valence-electron chi connectivity index (χ2n) is 4.63. The summed E-state index contributed by atoms with van der Waals surface area (Å²) in [6, 6.07) is 11.7. The van der Waals surface area contributed by atoms with Crippen LogP contribution < -0.4 is 5.11 Å². The van der Waals surface area contributed by atoms with Crippen LogP contribution in [-0.2, 0) is 0 Å². The number of rotatable bonds is 2. The summed E-state index contributed by atoms with van der Waals surface area (Å²) in [5, 5.41) is 12.7. The van der Waals surface area contributed by atoms with E-state index in [4.69, 9.17) is 23.2 Å². The number of pyridine rings is 1. The van der Waals surface area contributed by atoms with Crippen molar-refractivity contribution in [3.63, 3.8) is 0 Å². The van der Waals surface area contributed by atoms with Crippen molar-refractivity contribution < 1.29 is 9.90 Å². The smallest absolute Gasteiger partial charge is 0.0722 e. The molecule has 0 radical (unpaired) electrons. The van der Waals surface area contributed by atoms with Crippen molar-refractivity contribution >= 4 is 56.0 Å². The highest BCUT2D eigenvalue weighted by atomic mass is 79.9. The summed E-state index contributed by atoms with van der Waals surface area (Å²) in [5.41, 5.74) is 1.81. The van der Waals surface area contributed by atoms with Gasteiger partial charge in [-0.1, -0.05) is 45.2 Å². The highest BCUT2D eigenvalue weighted by Gasteiger charge is 2.10. The second kappa shape index (κ2) is 5.88. The van der Waals surface area contributed by atoms with Crippen LogP contribution in [0, 0.1) is 0 Å². The van der Waals surface area contributed by atoms with Crippen LogP contribution >= 0.6 is 39.1 Å². The van der Waals surface area contributed by atoms with Crippen molar-refractivity contribution in [3.8, 4) is 11.3 Å². The largest absolute Gasteiger partial charge is 0.545 e. The molecule has 0 spiro atoms. The first-order valence-electron chi connectivity index (χ1n) is 6.23. The standard InChI is InChI=1S/C16H8BrCl2NO2/c17-9-2-4-14-10(6-9)11(16(21)22)7-15(20-14)8-1-3-12(18)13(19)5-8/h1-7H,(H,21,22)/p-1. The lowest BCUT2D eigenvalue weighted by Gasteiger charge is -2.11. The molecule has 3 rings (SSSR count). The first-order chi connectivity index (χ1) is 10.5. The minimum Gasteiger partial charge on any atom is -0.545 e. The van der Waals surface area contributed by atoms with E-state index in [1.807, 2.05) is 0 Å². The van der Waals surface area contributed by atoms with Crippen molar-refractivity contribution in [3.05, 3.63) is 62.5 Å². The van der Waals surface area contributed by atoms with Crippen molar-refractivity contribution in [2.45, 2.75) is 0 Å². The second-order valence-corrected chi connectivity index (χ2v) is 6.36. The van der Waals surface area contributed by atoms with E-state index < -0.39 is 5.97 Å². The lowest BCUT2D eigenvalue weighted by molar-refractivity contribution is -0.254. The summed E-state index contributed by atoms with van der Waals surface area (Å²) in [5.74, 6) is -1.26. The van der Waals surface area contributed by atoms with E-state index in [0.717, 1.165) is 4.47 Å². The number of hydrogen-bond donors (Lipinski definition) is 0. The fourth-order valence-corrected chi connectivity index (χ4v) is 2.83. The summed E-state index contributed by atoms with van der Waals surface area (Å²) in [6.07, 6.45) is 0. The molecule has 0 fully saturated rings. The molecule has 0 aliphatic carbocycles. The Morgan fingerprint density at radius 2 is 1.82 bits per heavy atom. The number of nitrogens with zero attached hydrogens (tertiary/aromatic N) is 1. The Kier molecular flexibility index (Phi) is 4.08. The number of carboxylic acid groups (broad SMARTS) is 1. The van der Waals surface area contributed by atoms with Gasteiger partial charge in [-0.05, 0) is 36.4 Å². The van der Waals surface area contributed by atoms with Crippen molar-refractivity contribution in [2.24, 2.45) is 0 Å². The molecule has 0 N–H and O–H groups in total. The van der Waals surface area contributed by atoms with Gasteiger partial charge in [-0.3, -0.25) is 0 Å². The number of aromatic nitrogens is 1. The first kappa shape index (κ1) is 15.3. The average molecular weight is 396 g/mol. The SMILES string of the molecule is O=C([O-])c1cc(-c2ccc(Cl)c(Cl)c2)nc2ccc(Br)cc12. The molecule has 1 heterocycles. The molecule has 0 saturated heterocycles. The maximum Gasteiger partial charge on any atom is 0.0722 e. The molecule has 0 amide bonds. The van der Waals surface area contributed by atoms with E-state index in [0.29, 0.717) is 32.2 Å². The average Bonchev–Trinajstić information content (AvgIpc) is 2.48. The maximum atomic E-state index is 11.4. The van der Waals surface area contributed by atoms with Gasteiger partial charge >= 0.3 is 0 Å². The highest BCUT2D eigenvalue weighted by molar-refractivity contribution is 9.10. The predicted molar refractivity (Wildman–Crippen MR) is 89.2 cm³/mol. The van der Waals surface area contributed by atoms with Gasteiger partial charge in [-0.2, -0.15) is 0 Å². The molecule has 0 unspecified atom stereocenters. The number of halogens is 3. The van der Waals surface area contributed by atoms with E-state index in [-0.39, 0.29) is 5.56 Å². The Balaban J connectivity index is 2.29. The van der Waals surface area contributed by atoms with Crippen LogP contribution in [0.4, 0.5) is 0 Å². The monoisotopic (exact) mass is 394 g/mol. The van der Waals surface area contributed by atoms with Gasteiger partial charge in [-0.15, -0.1) is 0 Å². The van der Waals surface area contributed by atoms with E-state index in [2.05, 4.69) is 20.9 Å².